The number of fused-ring (bicyclic) bond motifs is 1. The smallest absolute Gasteiger partial charge is 0.361 e. The predicted molar refractivity (Wildman–Crippen MR) is 105 cm³/mol. The summed E-state index contributed by atoms with van der Waals surface area (Å²) in [6.45, 7) is 5.44. The van der Waals surface area contributed by atoms with E-state index in [0.29, 0.717) is 11.3 Å². The molecule has 31 heavy (non-hydrogen) atoms. The molecule has 0 aliphatic heterocycles. The van der Waals surface area contributed by atoms with Gasteiger partial charge in [0, 0.05) is 28.2 Å². The van der Waals surface area contributed by atoms with Gasteiger partial charge in [-0.25, -0.2) is 8.78 Å². The van der Waals surface area contributed by atoms with Crippen molar-refractivity contribution < 1.29 is 22.0 Å². The van der Waals surface area contributed by atoms with Crippen LogP contribution in [0.5, 0.6) is 0 Å². The molecule has 156 valence electrons. The molecule has 0 aliphatic rings. The Morgan fingerprint density at radius 2 is 1.94 bits per heavy atom. The molecular weight excluding hydrogens is 415 g/mol. The lowest BCUT2D eigenvalue weighted by Gasteiger charge is -2.13. The molecule has 0 radical (unpaired) electrons. The SMILES string of the molecule is C=C(c1c(F)ccc(C#N)c1F)c1c[nH]c2cc(C(F)(F)F)cc(-c3[nH]ncc3C)c12. The van der Waals surface area contributed by atoms with Crippen LogP contribution in [0.3, 0.4) is 0 Å². The Balaban J connectivity index is 2.03. The van der Waals surface area contributed by atoms with Gasteiger partial charge in [0.2, 0.25) is 0 Å². The van der Waals surface area contributed by atoms with E-state index in [9.17, 15) is 22.0 Å². The number of nitrogens with zero attached hydrogens (tertiary/aromatic N) is 2. The molecule has 0 saturated carbocycles. The first-order valence-electron chi connectivity index (χ1n) is 8.94. The van der Waals surface area contributed by atoms with Gasteiger partial charge in [-0.2, -0.15) is 23.5 Å². The van der Waals surface area contributed by atoms with Crippen LogP contribution in [0.1, 0.15) is 27.8 Å². The highest BCUT2D eigenvalue weighted by molar-refractivity contribution is 6.05. The molecule has 0 aliphatic carbocycles. The van der Waals surface area contributed by atoms with Crippen molar-refractivity contribution in [3.8, 4) is 17.3 Å². The number of aryl methyl sites for hydroxylation is 1. The number of aromatic nitrogens is 3. The molecule has 0 spiro atoms. The summed E-state index contributed by atoms with van der Waals surface area (Å²) in [5, 5.41) is 15.9. The minimum absolute atomic E-state index is 0.104. The minimum atomic E-state index is -4.61. The summed E-state index contributed by atoms with van der Waals surface area (Å²) in [5.74, 6) is -2.03. The minimum Gasteiger partial charge on any atom is -0.361 e. The molecule has 0 fully saturated rings. The van der Waals surface area contributed by atoms with Crippen LogP contribution in [-0.4, -0.2) is 15.2 Å². The maximum absolute atomic E-state index is 14.7. The highest BCUT2D eigenvalue weighted by atomic mass is 19.4. The summed E-state index contributed by atoms with van der Waals surface area (Å²) in [6.07, 6.45) is -1.82. The molecule has 0 atom stereocenters. The molecule has 9 heteroatoms. The molecule has 0 unspecified atom stereocenters. The Morgan fingerprint density at radius 3 is 2.55 bits per heavy atom. The summed E-state index contributed by atoms with van der Waals surface area (Å²) in [4.78, 5) is 2.74. The number of rotatable bonds is 3. The zero-order chi connectivity index (χ0) is 22.5. The average Bonchev–Trinajstić information content (AvgIpc) is 3.33. The van der Waals surface area contributed by atoms with Crippen LogP contribution in [0.4, 0.5) is 22.0 Å². The Hall–Kier alpha value is -3.93. The Bertz CT molecular complexity index is 1390. The van der Waals surface area contributed by atoms with Crippen LogP contribution in [0.2, 0.25) is 0 Å². The quantitative estimate of drug-likeness (QED) is 0.388. The van der Waals surface area contributed by atoms with Crippen LogP contribution >= 0.6 is 0 Å². The fourth-order valence-electron chi connectivity index (χ4n) is 3.54. The van der Waals surface area contributed by atoms with Gasteiger partial charge < -0.3 is 4.98 Å². The van der Waals surface area contributed by atoms with E-state index in [1.165, 1.54) is 12.4 Å². The second-order valence-electron chi connectivity index (χ2n) is 6.95. The number of hydrogen-bond acceptors (Lipinski definition) is 2. The third-order valence-electron chi connectivity index (χ3n) is 5.04. The van der Waals surface area contributed by atoms with Crippen molar-refractivity contribution in [2.24, 2.45) is 0 Å². The largest absolute Gasteiger partial charge is 0.416 e. The van der Waals surface area contributed by atoms with Gasteiger partial charge in [0.15, 0.2) is 5.82 Å². The molecule has 2 aromatic carbocycles. The number of H-pyrrole nitrogens is 2. The zero-order valence-electron chi connectivity index (χ0n) is 16.0. The van der Waals surface area contributed by atoms with Gasteiger partial charge >= 0.3 is 6.18 Å². The number of nitrogens with one attached hydrogen (secondary N) is 2. The van der Waals surface area contributed by atoms with Gasteiger partial charge in [-0.3, -0.25) is 5.10 Å². The van der Waals surface area contributed by atoms with E-state index < -0.39 is 28.9 Å². The van der Waals surface area contributed by atoms with Crippen LogP contribution in [0, 0.1) is 29.9 Å². The molecule has 0 saturated heterocycles. The first-order chi connectivity index (χ1) is 14.6. The van der Waals surface area contributed by atoms with Gasteiger partial charge in [0.05, 0.1) is 28.6 Å². The molecule has 2 aromatic heterocycles. The van der Waals surface area contributed by atoms with Crippen molar-refractivity contribution in [3.05, 3.63) is 82.7 Å². The summed E-state index contributed by atoms with van der Waals surface area (Å²) in [6, 6.07) is 5.45. The monoisotopic (exact) mass is 428 g/mol. The predicted octanol–water partition coefficient (Wildman–Crippen LogP) is 6.10. The van der Waals surface area contributed by atoms with E-state index in [4.69, 9.17) is 5.26 Å². The Labute approximate surface area is 172 Å². The number of aromatic amines is 2. The summed E-state index contributed by atoms with van der Waals surface area (Å²) < 4.78 is 69.6. The zero-order valence-corrected chi connectivity index (χ0v) is 16.0. The van der Waals surface area contributed by atoms with Crippen molar-refractivity contribution in [2.45, 2.75) is 13.1 Å². The number of halogens is 5. The first-order valence-corrected chi connectivity index (χ1v) is 8.94. The number of nitriles is 1. The fraction of sp³-hybridized carbons (Fsp3) is 0.0909. The van der Waals surface area contributed by atoms with E-state index in [-0.39, 0.29) is 33.2 Å². The Kier molecular flexibility index (Phi) is 4.65. The third kappa shape index (κ3) is 3.26. The van der Waals surface area contributed by atoms with Gasteiger partial charge in [-0.1, -0.05) is 6.58 Å². The van der Waals surface area contributed by atoms with Gasteiger partial charge in [0.1, 0.15) is 11.9 Å². The van der Waals surface area contributed by atoms with Crippen LogP contribution in [-0.2, 0) is 6.18 Å². The van der Waals surface area contributed by atoms with E-state index in [1.54, 1.807) is 13.0 Å². The van der Waals surface area contributed by atoms with Crippen molar-refractivity contribution in [3.63, 3.8) is 0 Å². The molecule has 4 rings (SSSR count). The van der Waals surface area contributed by atoms with E-state index >= 15 is 0 Å². The number of hydrogen-bond donors (Lipinski definition) is 2. The second-order valence-corrected chi connectivity index (χ2v) is 6.95. The molecule has 4 aromatic rings. The molecular formula is C22H13F5N4. The lowest BCUT2D eigenvalue weighted by molar-refractivity contribution is -0.137. The Morgan fingerprint density at radius 1 is 1.19 bits per heavy atom. The maximum atomic E-state index is 14.7. The van der Waals surface area contributed by atoms with Crippen LogP contribution < -0.4 is 0 Å². The molecule has 2 N–H and O–H groups in total. The van der Waals surface area contributed by atoms with Crippen molar-refractivity contribution in [1.29, 1.82) is 5.26 Å². The topological polar surface area (TPSA) is 68.3 Å². The van der Waals surface area contributed by atoms with E-state index in [1.807, 2.05) is 0 Å². The third-order valence-corrected chi connectivity index (χ3v) is 5.04. The lowest BCUT2D eigenvalue weighted by atomic mass is 9.92. The highest BCUT2D eigenvalue weighted by Crippen LogP contribution is 2.41. The number of benzene rings is 2. The van der Waals surface area contributed by atoms with Gasteiger partial charge in [-0.15, -0.1) is 0 Å². The van der Waals surface area contributed by atoms with Crippen molar-refractivity contribution >= 4 is 16.5 Å². The van der Waals surface area contributed by atoms with Gasteiger partial charge in [-0.05, 0) is 42.3 Å². The standard InChI is InChI=1S/C22H13F5N4/c1-10-8-30-31-21(10)14-5-13(22(25,26)27)6-17-19(14)15(9-29-17)11(2)18-16(23)4-3-12(7-28)20(18)24/h3-6,8-9,29H,2H2,1H3,(H,30,31). The van der Waals surface area contributed by atoms with Crippen molar-refractivity contribution in [2.75, 3.05) is 0 Å². The summed E-state index contributed by atoms with van der Waals surface area (Å²) in [7, 11) is 0. The average molecular weight is 428 g/mol. The van der Waals surface area contributed by atoms with Crippen molar-refractivity contribution in [1.82, 2.24) is 15.2 Å². The number of alkyl halides is 3. The molecule has 0 amide bonds. The fourth-order valence-corrected chi connectivity index (χ4v) is 3.54. The molecule has 2 heterocycles. The second kappa shape index (κ2) is 7.09. The first kappa shape index (κ1) is 20.3. The molecule has 4 nitrogen and oxygen atoms in total. The lowest BCUT2D eigenvalue weighted by Crippen LogP contribution is -2.05. The normalized spacial score (nSPS) is 11.6. The van der Waals surface area contributed by atoms with E-state index in [0.717, 1.165) is 24.3 Å². The van der Waals surface area contributed by atoms with Crippen LogP contribution in [0.15, 0.2) is 43.2 Å². The highest BCUT2D eigenvalue weighted by Gasteiger charge is 2.33. The van der Waals surface area contributed by atoms with E-state index in [2.05, 4.69) is 21.8 Å². The summed E-state index contributed by atoms with van der Waals surface area (Å²) in [5.41, 5.74) is -0.544. The van der Waals surface area contributed by atoms with Crippen LogP contribution in [0.25, 0.3) is 27.7 Å². The summed E-state index contributed by atoms with van der Waals surface area (Å²) >= 11 is 0. The molecule has 0 bridgehead atoms. The maximum Gasteiger partial charge on any atom is 0.416 e. The van der Waals surface area contributed by atoms with Gasteiger partial charge in [0.25, 0.3) is 0 Å².